The molecule has 0 aromatic heterocycles. The van der Waals surface area contributed by atoms with Gasteiger partial charge in [0.05, 0.1) is 18.2 Å². The zero-order chi connectivity index (χ0) is 14.7. The SMILES string of the molecule is O=C(O)C1CN(C(=O)Nc2ccc(Cl)c(F)c2)CCO1. The Hall–Kier alpha value is -1.86. The largest absolute Gasteiger partial charge is 0.479 e. The summed E-state index contributed by atoms with van der Waals surface area (Å²) in [5.74, 6) is -1.77. The lowest BCUT2D eigenvalue weighted by atomic mass is 10.3. The minimum absolute atomic E-state index is 0.0414. The van der Waals surface area contributed by atoms with Crippen molar-refractivity contribution < 1.29 is 23.8 Å². The molecule has 2 amide bonds. The first-order valence-electron chi connectivity index (χ1n) is 5.83. The molecule has 1 aliphatic rings. The molecule has 1 unspecified atom stereocenters. The number of halogens is 2. The van der Waals surface area contributed by atoms with Crippen LogP contribution >= 0.6 is 11.6 Å². The first kappa shape index (κ1) is 14.5. The minimum Gasteiger partial charge on any atom is -0.479 e. The smallest absolute Gasteiger partial charge is 0.334 e. The number of amides is 2. The number of carbonyl (C=O) groups excluding carboxylic acids is 1. The van der Waals surface area contributed by atoms with Gasteiger partial charge in [-0.15, -0.1) is 0 Å². The van der Waals surface area contributed by atoms with E-state index in [4.69, 9.17) is 21.4 Å². The van der Waals surface area contributed by atoms with Crippen molar-refractivity contribution in [2.24, 2.45) is 0 Å². The Morgan fingerprint density at radius 2 is 2.25 bits per heavy atom. The van der Waals surface area contributed by atoms with Gasteiger partial charge in [-0.25, -0.2) is 14.0 Å². The number of carbonyl (C=O) groups is 2. The summed E-state index contributed by atoms with van der Waals surface area (Å²) in [6.45, 7) is 0.349. The van der Waals surface area contributed by atoms with E-state index in [9.17, 15) is 14.0 Å². The monoisotopic (exact) mass is 302 g/mol. The summed E-state index contributed by atoms with van der Waals surface area (Å²) in [5, 5.41) is 11.3. The number of hydrogen-bond donors (Lipinski definition) is 2. The molecule has 1 saturated heterocycles. The van der Waals surface area contributed by atoms with Crippen LogP contribution in [0, 0.1) is 5.82 Å². The lowest BCUT2D eigenvalue weighted by Crippen LogP contribution is -2.49. The molecule has 2 rings (SSSR count). The van der Waals surface area contributed by atoms with Gasteiger partial charge in [-0.1, -0.05) is 11.6 Å². The molecule has 0 radical (unpaired) electrons. The molecule has 1 atom stereocenters. The number of rotatable bonds is 2. The van der Waals surface area contributed by atoms with E-state index in [1.807, 2.05) is 0 Å². The normalized spacial score (nSPS) is 18.7. The maximum atomic E-state index is 13.2. The van der Waals surface area contributed by atoms with Crippen LogP contribution in [0.3, 0.4) is 0 Å². The highest BCUT2D eigenvalue weighted by molar-refractivity contribution is 6.30. The molecule has 2 N–H and O–H groups in total. The lowest BCUT2D eigenvalue weighted by Gasteiger charge is -2.30. The zero-order valence-electron chi connectivity index (χ0n) is 10.3. The van der Waals surface area contributed by atoms with Gasteiger partial charge in [-0.2, -0.15) is 0 Å². The van der Waals surface area contributed by atoms with Crippen LogP contribution in [0.4, 0.5) is 14.9 Å². The van der Waals surface area contributed by atoms with E-state index in [0.717, 1.165) is 6.07 Å². The summed E-state index contributed by atoms with van der Waals surface area (Å²) in [7, 11) is 0. The average molecular weight is 303 g/mol. The molecule has 20 heavy (non-hydrogen) atoms. The standard InChI is InChI=1S/C12H12ClFN2O4/c13-8-2-1-7(5-9(8)14)15-12(19)16-3-4-20-10(6-16)11(17)18/h1-2,5,10H,3-4,6H2,(H,15,19)(H,17,18). The molecular weight excluding hydrogens is 291 g/mol. The second kappa shape index (κ2) is 6.06. The number of anilines is 1. The Labute approximate surface area is 119 Å². The van der Waals surface area contributed by atoms with E-state index >= 15 is 0 Å². The summed E-state index contributed by atoms with van der Waals surface area (Å²) >= 11 is 5.54. The minimum atomic E-state index is -1.12. The van der Waals surface area contributed by atoms with Gasteiger partial charge < -0.3 is 20.1 Å². The lowest BCUT2D eigenvalue weighted by molar-refractivity contribution is -0.154. The Bertz CT molecular complexity index is 540. The topological polar surface area (TPSA) is 78.9 Å². The second-order valence-corrected chi connectivity index (χ2v) is 4.61. The van der Waals surface area contributed by atoms with Crippen molar-refractivity contribution in [1.29, 1.82) is 0 Å². The van der Waals surface area contributed by atoms with Crippen LogP contribution in [-0.4, -0.2) is 47.8 Å². The zero-order valence-corrected chi connectivity index (χ0v) is 11.1. The molecule has 108 valence electrons. The van der Waals surface area contributed by atoms with E-state index in [0.29, 0.717) is 0 Å². The molecular formula is C12H12ClFN2O4. The summed E-state index contributed by atoms with van der Waals surface area (Å²) in [4.78, 5) is 24.1. The quantitative estimate of drug-likeness (QED) is 0.873. The molecule has 0 saturated carbocycles. The van der Waals surface area contributed by atoms with Gasteiger partial charge in [0.15, 0.2) is 6.10 Å². The second-order valence-electron chi connectivity index (χ2n) is 4.20. The third kappa shape index (κ3) is 3.37. The maximum absolute atomic E-state index is 13.2. The van der Waals surface area contributed by atoms with Gasteiger partial charge in [0.25, 0.3) is 0 Å². The number of urea groups is 1. The van der Waals surface area contributed by atoms with E-state index in [1.165, 1.54) is 17.0 Å². The molecule has 1 heterocycles. The van der Waals surface area contributed by atoms with Crippen molar-refractivity contribution >= 4 is 29.3 Å². The van der Waals surface area contributed by atoms with Gasteiger partial charge in [-0.3, -0.25) is 0 Å². The summed E-state index contributed by atoms with van der Waals surface area (Å²) in [5.41, 5.74) is 0.246. The summed E-state index contributed by atoms with van der Waals surface area (Å²) in [6, 6.07) is 3.36. The van der Waals surface area contributed by atoms with Gasteiger partial charge in [0.1, 0.15) is 5.82 Å². The van der Waals surface area contributed by atoms with Crippen molar-refractivity contribution in [3.05, 3.63) is 29.0 Å². The van der Waals surface area contributed by atoms with Crippen molar-refractivity contribution in [2.45, 2.75) is 6.10 Å². The molecule has 0 aliphatic carbocycles. The average Bonchev–Trinajstić information content (AvgIpc) is 2.43. The number of morpholine rings is 1. The van der Waals surface area contributed by atoms with Crippen LogP contribution in [0.1, 0.15) is 0 Å². The van der Waals surface area contributed by atoms with Crippen LogP contribution in [0.5, 0.6) is 0 Å². The van der Waals surface area contributed by atoms with Gasteiger partial charge >= 0.3 is 12.0 Å². The molecule has 1 aliphatic heterocycles. The fourth-order valence-corrected chi connectivity index (χ4v) is 1.88. The Morgan fingerprint density at radius 3 is 2.90 bits per heavy atom. The summed E-state index contributed by atoms with van der Waals surface area (Å²) in [6.07, 6.45) is -1.04. The number of hydrogen-bond acceptors (Lipinski definition) is 3. The number of carboxylic acid groups (broad SMARTS) is 1. The van der Waals surface area contributed by atoms with E-state index in [2.05, 4.69) is 5.32 Å². The maximum Gasteiger partial charge on any atom is 0.334 e. The first-order valence-corrected chi connectivity index (χ1v) is 6.20. The Balaban J connectivity index is 2.00. The van der Waals surface area contributed by atoms with Gasteiger partial charge in [0, 0.05) is 12.2 Å². The highest BCUT2D eigenvalue weighted by Crippen LogP contribution is 2.19. The Kier molecular flexibility index (Phi) is 4.41. The third-order valence-corrected chi connectivity index (χ3v) is 3.11. The number of ether oxygens (including phenoxy) is 1. The van der Waals surface area contributed by atoms with Crippen molar-refractivity contribution in [1.82, 2.24) is 4.90 Å². The van der Waals surface area contributed by atoms with E-state index in [-0.39, 0.29) is 30.4 Å². The van der Waals surface area contributed by atoms with E-state index in [1.54, 1.807) is 0 Å². The Morgan fingerprint density at radius 1 is 1.50 bits per heavy atom. The first-order chi connectivity index (χ1) is 9.47. The molecule has 1 fully saturated rings. The molecule has 8 heteroatoms. The van der Waals surface area contributed by atoms with Crippen LogP contribution in [0.2, 0.25) is 5.02 Å². The number of aliphatic carboxylic acids is 1. The predicted octanol–water partition coefficient (Wildman–Crippen LogP) is 1.80. The molecule has 6 nitrogen and oxygen atoms in total. The highest BCUT2D eigenvalue weighted by Gasteiger charge is 2.29. The number of carboxylic acids is 1. The van der Waals surface area contributed by atoms with Crippen molar-refractivity contribution in [3.63, 3.8) is 0 Å². The van der Waals surface area contributed by atoms with E-state index < -0.39 is 23.9 Å². The highest BCUT2D eigenvalue weighted by atomic mass is 35.5. The number of nitrogens with one attached hydrogen (secondary N) is 1. The van der Waals surface area contributed by atoms with Crippen molar-refractivity contribution in [2.75, 3.05) is 25.0 Å². The van der Waals surface area contributed by atoms with Crippen LogP contribution in [-0.2, 0) is 9.53 Å². The molecule has 1 aromatic carbocycles. The fourth-order valence-electron chi connectivity index (χ4n) is 1.76. The molecule has 0 bridgehead atoms. The van der Waals surface area contributed by atoms with Gasteiger partial charge in [0.2, 0.25) is 0 Å². The van der Waals surface area contributed by atoms with Crippen LogP contribution < -0.4 is 5.32 Å². The fraction of sp³-hybridized carbons (Fsp3) is 0.333. The predicted molar refractivity (Wildman–Crippen MR) is 69.4 cm³/mol. The number of nitrogens with zero attached hydrogens (tertiary/aromatic N) is 1. The molecule has 0 spiro atoms. The van der Waals surface area contributed by atoms with Crippen LogP contribution in [0.25, 0.3) is 0 Å². The summed E-state index contributed by atoms with van der Waals surface area (Å²) < 4.78 is 18.3. The third-order valence-electron chi connectivity index (χ3n) is 2.80. The van der Waals surface area contributed by atoms with Crippen molar-refractivity contribution in [3.8, 4) is 0 Å². The molecule has 1 aromatic rings. The van der Waals surface area contributed by atoms with Gasteiger partial charge in [-0.05, 0) is 18.2 Å². The number of benzene rings is 1. The van der Waals surface area contributed by atoms with Crippen LogP contribution in [0.15, 0.2) is 18.2 Å².